The maximum Gasteiger partial charge on any atom is 0.265 e. The summed E-state index contributed by atoms with van der Waals surface area (Å²) >= 11 is 0. The van der Waals surface area contributed by atoms with Gasteiger partial charge in [0.2, 0.25) is 5.91 Å². The lowest BCUT2D eigenvalue weighted by molar-refractivity contribution is -0.122. The van der Waals surface area contributed by atoms with Gasteiger partial charge in [0, 0.05) is 17.3 Å². The van der Waals surface area contributed by atoms with E-state index in [1.54, 1.807) is 31.2 Å². The molecule has 2 aromatic rings. The number of hydrogen-bond acceptors (Lipinski definition) is 3. The first-order chi connectivity index (χ1) is 11.9. The van der Waals surface area contributed by atoms with Gasteiger partial charge in [-0.1, -0.05) is 32.0 Å². The number of hydrogen-bond donors (Lipinski definition) is 2. The van der Waals surface area contributed by atoms with Gasteiger partial charge in [-0.2, -0.15) is 0 Å². The molecule has 0 spiro atoms. The summed E-state index contributed by atoms with van der Waals surface area (Å²) in [5.41, 5.74) is 2.32. The van der Waals surface area contributed by atoms with Crippen molar-refractivity contribution in [3.05, 3.63) is 54.1 Å². The molecular weight excluding hydrogens is 316 g/mol. The molecule has 25 heavy (non-hydrogen) atoms. The van der Waals surface area contributed by atoms with Crippen LogP contribution in [0.25, 0.3) is 0 Å². The first-order valence-corrected chi connectivity index (χ1v) is 8.31. The van der Waals surface area contributed by atoms with E-state index < -0.39 is 6.10 Å². The third-order valence-corrected chi connectivity index (χ3v) is 3.71. The number of carbonyl (C=O) groups is 2. The maximum absolute atomic E-state index is 12.3. The molecule has 0 heterocycles. The zero-order valence-corrected chi connectivity index (χ0v) is 15.0. The highest BCUT2D eigenvalue weighted by atomic mass is 16.5. The van der Waals surface area contributed by atoms with E-state index in [1.165, 1.54) is 0 Å². The molecule has 2 N–H and O–H groups in total. The normalized spacial score (nSPS) is 11.7. The van der Waals surface area contributed by atoms with Gasteiger partial charge >= 0.3 is 0 Å². The standard InChI is InChI=1S/C20H24N2O3/c1-13(2)19(23)21-16-9-11-17(12-10-16)22-20(24)15(4)25-18-8-6-5-7-14(18)3/h5-13,15H,1-4H3,(H,21,23)(H,22,24). The Morgan fingerprint density at radius 2 is 1.36 bits per heavy atom. The molecule has 132 valence electrons. The number of benzene rings is 2. The molecule has 2 amide bonds. The van der Waals surface area contributed by atoms with E-state index >= 15 is 0 Å². The number of ether oxygens (including phenoxy) is 1. The molecule has 0 saturated carbocycles. The zero-order chi connectivity index (χ0) is 18.4. The fourth-order valence-electron chi connectivity index (χ4n) is 2.10. The van der Waals surface area contributed by atoms with Crippen molar-refractivity contribution in [1.82, 2.24) is 0 Å². The van der Waals surface area contributed by atoms with Gasteiger partial charge in [0.15, 0.2) is 6.10 Å². The minimum atomic E-state index is -0.624. The summed E-state index contributed by atoms with van der Waals surface area (Å²) in [4.78, 5) is 23.9. The van der Waals surface area contributed by atoms with E-state index in [0.717, 1.165) is 5.56 Å². The van der Waals surface area contributed by atoms with Crippen LogP contribution < -0.4 is 15.4 Å². The Balaban J connectivity index is 1.93. The fourth-order valence-corrected chi connectivity index (χ4v) is 2.10. The molecule has 0 aliphatic heterocycles. The van der Waals surface area contributed by atoms with Crippen LogP contribution >= 0.6 is 0 Å². The van der Waals surface area contributed by atoms with Crippen LogP contribution in [-0.2, 0) is 9.59 Å². The summed E-state index contributed by atoms with van der Waals surface area (Å²) in [6.45, 7) is 7.31. The average Bonchev–Trinajstić information content (AvgIpc) is 2.58. The smallest absolute Gasteiger partial charge is 0.265 e. The van der Waals surface area contributed by atoms with Crippen LogP contribution in [0.5, 0.6) is 5.75 Å². The predicted molar refractivity (Wildman–Crippen MR) is 99.8 cm³/mol. The van der Waals surface area contributed by atoms with Gasteiger partial charge in [0.1, 0.15) is 5.75 Å². The van der Waals surface area contributed by atoms with Crippen LogP contribution in [0.4, 0.5) is 11.4 Å². The molecule has 2 aromatic carbocycles. The van der Waals surface area contributed by atoms with Crippen LogP contribution in [0.2, 0.25) is 0 Å². The van der Waals surface area contributed by atoms with E-state index in [1.807, 2.05) is 45.0 Å². The number of rotatable bonds is 6. The Hall–Kier alpha value is -2.82. The topological polar surface area (TPSA) is 67.4 Å². The minimum Gasteiger partial charge on any atom is -0.481 e. The predicted octanol–water partition coefficient (Wildman–Crippen LogP) is 4.00. The monoisotopic (exact) mass is 340 g/mol. The number of nitrogens with one attached hydrogen (secondary N) is 2. The number of anilines is 2. The van der Waals surface area contributed by atoms with Crippen LogP contribution in [-0.4, -0.2) is 17.9 Å². The highest BCUT2D eigenvalue weighted by Crippen LogP contribution is 2.19. The Labute approximate surface area is 148 Å². The van der Waals surface area contributed by atoms with Crippen LogP contribution in [0.15, 0.2) is 48.5 Å². The van der Waals surface area contributed by atoms with Crippen LogP contribution in [0.3, 0.4) is 0 Å². The third-order valence-electron chi connectivity index (χ3n) is 3.71. The molecule has 0 aromatic heterocycles. The van der Waals surface area contributed by atoms with Gasteiger partial charge in [-0.05, 0) is 49.7 Å². The summed E-state index contributed by atoms with van der Waals surface area (Å²) in [6.07, 6.45) is -0.624. The van der Waals surface area contributed by atoms with Crippen LogP contribution in [0.1, 0.15) is 26.3 Å². The second-order valence-electron chi connectivity index (χ2n) is 6.24. The van der Waals surface area contributed by atoms with Gasteiger partial charge in [0.05, 0.1) is 0 Å². The Morgan fingerprint density at radius 3 is 1.88 bits per heavy atom. The lowest BCUT2D eigenvalue weighted by atomic mass is 10.2. The van der Waals surface area contributed by atoms with Crippen molar-refractivity contribution in [1.29, 1.82) is 0 Å². The molecule has 0 aliphatic rings. The lowest BCUT2D eigenvalue weighted by Gasteiger charge is -2.16. The summed E-state index contributed by atoms with van der Waals surface area (Å²) in [5.74, 6) is 0.329. The maximum atomic E-state index is 12.3. The van der Waals surface area contributed by atoms with Crippen molar-refractivity contribution in [2.75, 3.05) is 10.6 Å². The number of carbonyl (C=O) groups excluding carboxylic acids is 2. The zero-order valence-electron chi connectivity index (χ0n) is 15.0. The fraction of sp³-hybridized carbons (Fsp3) is 0.300. The number of amides is 2. The Morgan fingerprint density at radius 1 is 0.840 bits per heavy atom. The van der Waals surface area contributed by atoms with Crippen molar-refractivity contribution in [3.63, 3.8) is 0 Å². The third kappa shape index (κ3) is 5.35. The van der Waals surface area contributed by atoms with Gasteiger partial charge in [0.25, 0.3) is 5.91 Å². The molecule has 1 atom stereocenters. The van der Waals surface area contributed by atoms with E-state index in [0.29, 0.717) is 17.1 Å². The summed E-state index contributed by atoms with van der Waals surface area (Å²) in [6, 6.07) is 14.6. The molecular formula is C20H24N2O3. The highest BCUT2D eigenvalue weighted by Gasteiger charge is 2.16. The van der Waals surface area contributed by atoms with Crippen LogP contribution in [0, 0.1) is 12.8 Å². The molecule has 5 nitrogen and oxygen atoms in total. The van der Waals surface area contributed by atoms with E-state index in [2.05, 4.69) is 10.6 Å². The molecule has 5 heteroatoms. The second-order valence-corrected chi connectivity index (χ2v) is 6.24. The van der Waals surface area contributed by atoms with E-state index in [4.69, 9.17) is 4.74 Å². The number of para-hydroxylation sites is 1. The molecule has 1 unspecified atom stereocenters. The molecule has 0 saturated heterocycles. The first-order valence-electron chi connectivity index (χ1n) is 8.31. The molecule has 0 aliphatic carbocycles. The Kier molecular flexibility index (Phi) is 6.17. The lowest BCUT2D eigenvalue weighted by Crippen LogP contribution is -2.30. The van der Waals surface area contributed by atoms with Crippen molar-refractivity contribution >= 4 is 23.2 Å². The minimum absolute atomic E-state index is 0.0444. The van der Waals surface area contributed by atoms with Crippen molar-refractivity contribution in [2.24, 2.45) is 5.92 Å². The molecule has 0 fully saturated rings. The van der Waals surface area contributed by atoms with Crippen molar-refractivity contribution in [2.45, 2.75) is 33.8 Å². The number of aryl methyl sites for hydroxylation is 1. The van der Waals surface area contributed by atoms with Gasteiger partial charge in [-0.25, -0.2) is 0 Å². The summed E-state index contributed by atoms with van der Waals surface area (Å²) in [5, 5.41) is 5.62. The van der Waals surface area contributed by atoms with Gasteiger partial charge < -0.3 is 15.4 Å². The Bertz CT molecular complexity index is 739. The SMILES string of the molecule is Cc1ccccc1OC(C)C(=O)Nc1ccc(NC(=O)C(C)C)cc1. The van der Waals surface area contributed by atoms with Gasteiger partial charge in [-0.3, -0.25) is 9.59 Å². The average molecular weight is 340 g/mol. The van der Waals surface area contributed by atoms with E-state index in [-0.39, 0.29) is 17.7 Å². The summed E-state index contributed by atoms with van der Waals surface area (Å²) < 4.78 is 5.71. The molecule has 0 radical (unpaired) electrons. The first kappa shape index (κ1) is 18.5. The highest BCUT2D eigenvalue weighted by molar-refractivity contribution is 5.95. The second kappa shape index (κ2) is 8.33. The largest absolute Gasteiger partial charge is 0.481 e. The van der Waals surface area contributed by atoms with Crippen molar-refractivity contribution in [3.8, 4) is 5.75 Å². The van der Waals surface area contributed by atoms with Gasteiger partial charge in [-0.15, -0.1) is 0 Å². The van der Waals surface area contributed by atoms with Crippen molar-refractivity contribution < 1.29 is 14.3 Å². The molecule has 2 rings (SSSR count). The quantitative estimate of drug-likeness (QED) is 0.835. The molecule has 0 bridgehead atoms. The summed E-state index contributed by atoms with van der Waals surface area (Å²) in [7, 11) is 0. The van der Waals surface area contributed by atoms with E-state index in [9.17, 15) is 9.59 Å².